The van der Waals surface area contributed by atoms with Gasteiger partial charge in [-0.25, -0.2) is 0 Å². The molecule has 1 aromatic rings. The molecule has 0 unspecified atom stereocenters. The lowest BCUT2D eigenvalue weighted by Crippen LogP contribution is -1.88. The van der Waals surface area contributed by atoms with Gasteiger partial charge < -0.3 is 0 Å². The molecule has 0 N–H and O–H groups in total. The maximum absolute atomic E-state index is 10.5. The Kier molecular flexibility index (Phi) is 3.14. The molecule has 0 spiro atoms. The Morgan fingerprint density at radius 1 is 1.50 bits per heavy atom. The maximum Gasteiger partial charge on any atom is 0.282 e. The second-order valence-corrected chi connectivity index (χ2v) is 3.05. The minimum atomic E-state index is -0.720. The lowest BCUT2D eigenvalue weighted by atomic mass is 10.3. The van der Waals surface area contributed by atoms with E-state index in [0.29, 0.717) is 0 Å². The number of azide groups is 1. The van der Waals surface area contributed by atoms with Crippen LogP contribution in [0.15, 0.2) is 17.2 Å². The highest BCUT2D eigenvalue weighted by atomic mass is 35.5. The zero-order valence-corrected chi connectivity index (χ0v) is 8.03. The standard InChI is InChI=1S/C6H2Cl2N4O2/c7-3-1-4(8)6(10-11-9)5(2-3)12(13)14/h1-2H. The van der Waals surface area contributed by atoms with Crippen LogP contribution in [-0.2, 0) is 0 Å². The van der Waals surface area contributed by atoms with Crippen LogP contribution in [0.5, 0.6) is 0 Å². The van der Waals surface area contributed by atoms with Gasteiger partial charge in [0.2, 0.25) is 0 Å². The number of nitrogens with zero attached hydrogens (tertiary/aromatic N) is 4. The van der Waals surface area contributed by atoms with Gasteiger partial charge in [0.05, 0.1) is 9.95 Å². The molecule has 0 heterocycles. The van der Waals surface area contributed by atoms with Crippen LogP contribution in [0.25, 0.3) is 10.4 Å². The van der Waals surface area contributed by atoms with Gasteiger partial charge in [0, 0.05) is 16.0 Å². The largest absolute Gasteiger partial charge is 0.282 e. The fourth-order valence-electron chi connectivity index (χ4n) is 0.835. The maximum atomic E-state index is 10.5. The molecule has 14 heavy (non-hydrogen) atoms. The van der Waals surface area contributed by atoms with Crippen molar-refractivity contribution in [3.8, 4) is 0 Å². The van der Waals surface area contributed by atoms with Gasteiger partial charge >= 0.3 is 0 Å². The fraction of sp³-hybridized carbons (Fsp3) is 0. The first kappa shape index (κ1) is 10.6. The van der Waals surface area contributed by atoms with E-state index in [9.17, 15) is 10.1 Å². The number of nitro groups is 1. The van der Waals surface area contributed by atoms with Crippen LogP contribution in [-0.4, -0.2) is 4.92 Å². The van der Waals surface area contributed by atoms with Crippen LogP contribution < -0.4 is 0 Å². The van der Waals surface area contributed by atoms with Gasteiger partial charge in [0.15, 0.2) is 0 Å². The molecule has 0 bridgehead atoms. The lowest BCUT2D eigenvalue weighted by Gasteiger charge is -1.99. The first-order chi connectivity index (χ1) is 6.56. The molecule has 0 amide bonds. The third-order valence-corrected chi connectivity index (χ3v) is 1.86. The van der Waals surface area contributed by atoms with E-state index in [4.69, 9.17) is 28.7 Å². The van der Waals surface area contributed by atoms with Gasteiger partial charge in [-0.15, -0.1) is 0 Å². The Hall–Kier alpha value is -1.49. The Bertz CT molecular complexity index is 442. The Labute approximate surface area is 87.8 Å². The van der Waals surface area contributed by atoms with Gasteiger partial charge in [-0.1, -0.05) is 28.3 Å². The van der Waals surface area contributed by atoms with E-state index >= 15 is 0 Å². The Morgan fingerprint density at radius 3 is 2.64 bits per heavy atom. The number of hydrogen-bond acceptors (Lipinski definition) is 3. The Balaban J connectivity index is 3.51. The van der Waals surface area contributed by atoms with Crippen LogP contribution in [0.1, 0.15) is 0 Å². The van der Waals surface area contributed by atoms with E-state index in [1.165, 1.54) is 6.07 Å². The summed E-state index contributed by atoms with van der Waals surface area (Å²) >= 11 is 11.1. The molecule has 0 saturated carbocycles. The zero-order valence-electron chi connectivity index (χ0n) is 6.52. The van der Waals surface area contributed by atoms with Crippen molar-refractivity contribution >= 4 is 34.6 Å². The molecule has 0 fully saturated rings. The average Bonchev–Trinajstić information content (AvgIpc) is 2.09. The summed E-state index contributed by atoms with van der Waals surface area (Å²) in [7, 11) is 0. The summed E-state index contributed by atoms with van der Waals surface area (Å²) in [6.07, 6.45) is 0. The minimum absolute atomic E-state index is 0.0537. The number of halogens is 2. The van der Waals surface area contributed by atoms with E-state index in [1.54, 1.807) is 0 Å². The van der Waals surface area contributed by atoms with Crippen molar-refractivity contribution < 1.29 is 4.92 Å². The van der Waals surface area contributed by atoms with Gasteiger partial charge in [-0.05, 0) is 11.6 Å². The van der Waals surface area contributed by atoms with Crippen LogP contribution >= 0.6 is 23.2 Å². The van der Waals surface area contributed by atoms with E-state index in [1.807, 2.05) is 0 Å². The number of nitro benzene ring substituents is 1. The van der Waals surface area contributed by atoms with Crippen molar-refractivity contribution in [2.75, 3.05) is 0 Å². The molecule has 0 aliphatic carbocycles. The topological polar surface area (TPSA) is 91.9 Å². The zero-order chi connectivity index (χ0) is 10.7. The molecule has 0 aromatic heterocycles. The molecule has 0 atom stereocenters. The molecule has 0 radical (unpaired) electrons. The summed E-state index contributed by atoms with van der Waals surface area (Å²) in [4.78, 5) is 12.2. The summed E-state index contributed by atoms with van der Waals surface area (Å²) < 4.78 is 0. The predicted octanol–water partition coefficient (Wildman–Crippen LogP) is 3.84. The van der Waals surface area contributed by atoms with Crippen molar-refractivity contribution in [2.24, 2.45) is 5.11 Å². The van der Waals surface area contributed by atoms with Crippen molar-refractivity contribution in [3.05, 3.63) is 42.7 Å². The highest BCUT2D eigenvalue weighted by Crippen LogP contribution is 2.37. The van der Waals surface area contributed by atoms with E-state index in [-0.39, 0.29) is 15.7 Å². The molecule has 6 nitrogen and oxygen atoms in total. The van der Waals surface area contributed by atoms with Crippen LogP contribution in [0.4, 0.5) is 11.4 Å². The summed E-state index contributed by atoms with van der Waals surface area (Å²) in [5.74, 6) is 0. The highest BCUT2D eigenvalue weighted by Gasteiger charge is 2.16. The molecule has 0 aliphatic heterocycles. The van der Waals surface area contributed by atoms with Crippen LogP contribution in [0.3, 0.4) is 0 Å². The van der Waals surface area contributed by atoms with E-state index in [0.717, 1.165) is 6.07 Å². The third kappa shape index (κ3) is 2.05. The summed E-state index contributed by atoms with van der Waals surface area (Å²) in [6, 6.07) is 2.33. The van der Waals surface area contributed by atoms with Gasteiger partial charge in [0.25, 0.3) is 5.69 Å². The van der Waals surface area contributed by atoms with Crippen molar-refractivity contribution in [3.63, 3.8) is 0 Å². The predicted molar refractivity (Wildman–Crippen MR) is 51.9 cm³/mol. The second-order valence-electron chi connectivity index (χ2n) is 2.20. The summed E-state index contributed by atoms with van der Waals surface area (Å²) in [5.41, 5.74) is 7.51. The molecule has 1 aromatic carbocycles. The molecule has 8 heteroatoms. The first-order valence-electron chi connectivity index (χ1n) is 3.25. The minimum Gasteiger partial charge on any atom is -0.258 e. The monoisotopic (exact) mass is 232 g/mol. The number of rotatable bonds is 2. The molecule has 1 rings (SSSR count). The number of benzene rings is 1. The quantitative estimate of drug-likeness (QED) is 0.255. The van der Waals surface area contributed by atoms with Gasteiger partial charge in [0.1, 0.15) is 5.69 Å². The Morgan fingerprint density at radius 2 is 2.14 bits per heavy atom. The highest BCUT2D eigenvalue weighted by molar-refractivity contribution is 6.36. The van der Waals surface area contributed by atoms with E-state index in [2.05, 4.69) is 10.0 Å². The molecular weight excluding hydrogens is 231 g/mol. The van der Waals surface area contributed by atoms with Crippen LogP contribution in [0, 0.1) is 10.1 Å². The average molecular weight is 233 g/mol. The van der Waals surface area contributed by atoms with E-state index < -0.39 is 10.6 Å². The van der Waals surface area contributed by atoms with Crippen molar-refractivity contribution in [2.45, 2.75) is 0 Å². The summed E-state index contributed by atoms with van der Waals surface area (Å²) in [6.45, 7) is 0. The SMILES string of the molecule is [N-]=[N+]=Nc1c(Cl)cc(Cl)cc1[N+](=O)[O-]. The molecule has 0 aliphatic rings. The van der Waals surface area contributed by atoms with Crippen molar-refractivity contribution in [1.82, 2.24) is 0 Å². The van der Waals surface area contributed by atoms with Gasteiger partial charge in [-0.3, -0.25) is 10.1 Å². The molecule has 0 saturated heterocycles. The third-order valence-electron chi connectivity index (χ3n) is 1.35. The van der Waals surface area contributed by atoms with Gasteiger partial charge in [-0.2, -0.15) is 0 Å². The van der Waals surface area contributed by atoms with Crippen LogP contribution in [0.2, 0.25) is 10.0 Å². The normalized spacial score (nSPS) is 9.29. The first-order valence-corrected chi connectivity index (χ1v) is 4.00. The molecular formula is C6H2Cl2N4O2. The van der Waals surface area contributed by atoms with Crippen molar-refractivity contribution in [1.29, 1.82) is 0 Å². The lowest BCUT2D eigenvalue weighted by molar-refractivity contribution is -0.384. The molecule has 72 valence electrons. The fourth-order valence-corrected chi connectivity index (χ4v) is 1.36. The smallest absolute Gasteiger partial charge is 0.258 e. The second kappa shape index (κ2) is 4.15. The summed E-state index contributed by atoms with van der Waals surface area (Å²) in [5, 5.41) is 13.7. The number of hydrogen-bond donors (Lipinski definition) is 0.